The van der Waals surface area contributed by atoms with Crippen LogP contribution in [0.15, 0.2) is 78.9 Å². The molecule has 38 heavy (non-hydrogen) atoms. The van der Waals surface area contributed by atoms with E-state index < -0.39 is 0 Å². The van der Waals surface area contributed by atoms with E-state index in [1.807, 2.05) is 88.6 Å². The molecule has 194 valence electrons. The lowest BCUT2D eigenvalue weighted by Gasteiger charge is -2.09. The molecule has 0 bridgehead atoms. The number of pyridine rings is 3. The largest absolute Gasteiger partial charge is 1.00 e. The highest BCUT2D eigenvalue weighted by Gasteiger charge is 2.15. The van der Waals surface area contributed by atoms with Crippen LogP contribution in [-0.4, -0.2) is 16.8 Å². The Labute approximate surface area is 255 Å². The van der Waals surface area contributed by atoms with Crippen molar-refractivity contribution in [1.82, 2.24) is 4.98 Å². The second-order valence-corrected chi connectivity index (χ2v) is 8.93. The molecule has 7 nitrogen and oxygen atoms in total. The zero-order valence-electron chi connectivity index (χ0n) is 21.4. The zero-order chi connectivity index (χ0) is 25.4. The van der Waals surface area contributed by atoms with Crippen molar-refractivity contribution in [3.05, 3.63) is 102 Å². The standard InChI is InChI=1S/C29H25N5O2.2HI/c1-18-8-10-20-16-22(12-14-26(20)33(18)3)30-28(35)24-6-5-7-25(32-24)29(36)31-23-13-15-27-21(17-23)11-9-19(2)34(27)4;;/h5-17H,1-4H3;2*1H. The van der Waals surface area contributed by atoms with E-state index in [1.165, 1.54) is 0 Å². The van der Waals surface area contributed by atoms with Crippen molar-refractivity contribution in [2.24, 2.45) is 14.1 Å². The maximum absolute atomic E-state index is 12.9. The number of carbonyl (C=O) groups is 2. The fourth-order valence-corrected chi connectivity index (χ4v) is 4.24. The third kappa shape index (κ3) is 5.93. The Bertz CT molecular complexity index is 1570. The first-order valence-corrected chi connectivity index (χ1v) is 11.7. The Hall–Kier alpha value is -3.19. The van der Waals surface area contributed by atoms with Gasteiger partial charge in [0.05, 0.1) is 0 Å². The van der Waals surface area contributed by atoms with Gasteiger partial charge in [-0.2, -0.15) is 9.13 Å². The van der Waals surface area contributed by atoms with Gasteiger partial charge in [-0.25, -0.2) is 4.98 Å². The van der Waals surface area contributed by atoms with Crippen molar-refractivity contribution in [2.45, 2.75) is 13.8 Å². The Morgan fingerprint density at radius 1 is 0.632 bits per heavy atom. The normalized spacial score (nSPS) is 10.4. The van der Waals surface area contributed by atoms with Gasteiger partial charge < -0.3 is 58.6 Å². The maximum atomic E-state index is 12.9. The second-order valence-electron chi connectivity index (χ2n) is 8.93. The van der Waals surface area contributed by atoms with Crippen LogP contribution >= 0.6 is 0 Å². The number of benzene rings is 2. The maximum Gasteiger partial charge on any atom is 0.274 e. The van der Waals surface area contributed by atoms with Gasteiger partial charge in [-0.1, -0.05) is 6.07 Å². The minimum Gasteiger partial charge on any atom is -1.00 e. The highest BCUT2D eigenvalue weighted by Crippen LogP contribution is 2.19. The number of carbonyl (C=O) groups excluding carboxylic acids is 2. The predicted octanol–water partition coefficient (Wildman–Crippen LogP) is -1.83. The highest BCUT2D eigenvalue weighted by molar-refractivity contribution is 6.07. The van der Waals surface area contributed by atoms with Crippen molar-refractivity contribution in [2.75, 3.05) is 10.6 Å². The number of fused-ring (bicyclic) bond motifs is 2. The summed E-state index contributed by atoms with van der Waals surface area (Å²) in [6, 6.07) is 24.5. The molecule has 2 N–H and O–H groups in total. The number of aromatic nitrogens is 3. The molecular formula is C29H27I2N5O2. The number of hydrogen-bond donors (Lipinski definition) is 2. The van der Waals surface area contributed by atoms with Gasteiger partial charge >= 0.3 is 0 Å². The summed E-state index contributed by atoms with van der Waals surface area (Å²) in [7, 11) is 4.02. The van der Waals surface area contributed by atoms with Crippen molar-refractivity contribution in [3.63, 3.8) is 0 Å². The average molecular weight is 731 g/mol. The highest BCUT2D eigenvalue weighted by atomic mass is 127. The monoisotopic (exact) mass is 731 g/mol. The van der Waals surface area contributed by atoms with Crippen molar-refractivity contribution >= 4 is 45.0 Å². The van der Waals surface area contributed by atoms with Crippen molar-refractivity contribution < 1.29 is 66.7 Å². The summed E-state index contributed by atoms with van der Waals surface area (Å²) in [6.45, 7) is 4.09. The van der Waals surface area contributed by atoms with Gasteiger partial charge in [0.25, 0.3) is 11.8 Å². The molecule has 0 saturated carbocycles. The Morgan fingerprint density at radius 3 is 1.47 bits per heavy atom. The summed E-state index contributed by atoms with van der Waals surface area (Å²) in [5.74, 6) is -0.761. The van der Waals surface area contributed by atoms with Crippen LogP contribution in [0.2, 0.25) is 0 Å². The van der Waals surface area contributed by atoms with Gasteiger partial charge in [-0.05, 0) is 48.5 Å². The lowest BCUT2D eigenvalue weighted by molar-refractivity contribution is -0.651. The third-order valence-corrected chi connectivity index (χ3v) is 6.57. The summed E-state index contributed by atoms with van der Waals surface area (Å²) in [6.07, 6.45) is 0. The van der Waals surface area contributed by atoms with Gasteiger partial charge in [-0.15, -0.1) is 0 Å². The summed E-state index contributed by atoms with van der Waals surface area (Å²) in [4.78, 5) is 30.1. The van der Waals surface area contributed by atoms with Gasteiger partial charge in [0.2, 0.25) is 11.0 Å². The quantitative estimate of drug-likeness (QED) is 0.169. The number of hydrogen-bond acceptors (Lipinski definition) is 3. The summed E-state index contributed by atoms with van der Waals surface area (Å²) in [5, 5.41) is 7.80. The molecule has 2 aromatic carbocycles. The van der Waals surface area contributed by atoms with Crippen molar-refractivity contribution in [3.8, 4) is 0 Å². The second kappa shape index (κ2) is 12.1. The summed E-state index contributed by atoms with van der Waals surface area (Å²) >= 11 is 0. The van der Waals surface area contributed by atoms with Crippen LogP contribution in [0.5, 0.6) is 0 Å². The zero-order valence-corrected chi connectivity index (χ0v) is 25.7. The summed E-state index contributed by atoms with van der Waals surface area (Å²) in [5.41, 5.74) is 6.08. The van der Waals surface area contributed by atoms with Crippen LogP contribution in [0.1, 0.15) is 32.4 Å². The van der Waals surface area contributed by atoms with Crippen LogP contribution < -0.4 is 67.7 Å². The molecule has 0 aliphatic rings. The predicted molar refractivity (Wildman–Crippen MR) is 140 cm³/mol. The SMILES string of the molecule is Cc1ccc2cc(NC(=O)c3cccc(C(=O)Nc4ccc5c(ccc(C)[n+]5C)c4)n3)ccc2[n+]1C.[I-].[I-]. The Kier molecular flexibility index (Phi) is 9.36. The molecule has 0 atom stereocenters. The van der Waals surface area contributed by atoms with Gasteiger partial charge in [0.15, 0.2) is 11.4 Å². The van der Waals surface area contributed by atoms with Crippen LogP contribution in [0, 0.1) is 13.8 Å². The molecule has 5 aromatic rings. The number of aryl methyl sites for hydroxylation is 4. The fraction of sp³-hybridized carbons (Fsp3) is 0.138. The summed E-state index contributed by atoms with van der Waals surface area (Å²) < 4.78 is 4.20. The smallest absolute Gasteiger partial charge is 0.274 e. The topological polar surface area (TPSA) is 78.8 Å². The number of halogens is 2. The Balaban J connectivity index is 0.00000200. The van der Waals surface area contributed by atoms with E-state index in [1.54, 1.807) is 18.2 Å². The molecule has 3 heterocycles. The molecule has 2 amide bonds. The van der Waals surface area contributed by atoms with E-state index in [2.05, 4.69) is 24.8 Å². The number of anilines is 2. The van der Waals surface area contributed by atoms with Gasteiger partial charge in [-0.3, -0.25) is 9.59 Å². The molecule has 0 saturated heterocycles. The lowest BCUT2D eigenvalue weighted by atomic mass is 10.1. The molecular weight excluding hydrogens is 704 g/mol. The first-order valence-electron chi connectivity index (χ1n) is 11.7. The van der Waals surface area contributed by atoms with Crippen LogP contribution in [0.3, 0.4) is 0 Å². The van der Waals surface area contributed by atoms with E-state index in [-0.39, 0.29) is 71.2 Å². The van der Waals surface area contributed by atoms with Crippen LogP contribution in [0.25, 0.3) is 21.8 Å². The fourth-order valence-electron chi connectivity index (χ4n) is 4.24. The first kappa shape index (κ1) is 29.4. The van der Waals surface area contributed by atoms with Crippen LogP contribution in [-0.2, 0) is 14.1 Å². The molecule has 0 aliphatic carbocycles. The lowest BCUT2D eigenvalue weighted by Crippen LogP contribution is -3.00. The Morgan fingerprint density at radius 2 is 1.05 bits per heavy atom. The van der Waals surface area contributed by atoms with E-state index >= 15 is 0 Å². The average Bonchev–Trinajstić information content (AvgIpc) is 2.88. The molecule has 0 unspecified atom stereocenters. The number of rotatable bonds is 4. The van der Waals surface area contributed by atoms with E-state index in [0.717, 1.165) is 33.2 Å². The molecule has 3 aromatic heterocycles. The molecule has 0 radical (unpaired) electrons. The molecule has 0 aliphatic heterocycles. The van der Waals surface area contributed by atoms with E-state index in [0.29, 0.717) is 11.4 Å². The number of amides is 2. The first-order chi connectivity index (χ1) is 17.3. The number of nitrogens with one attached hydrogen (secondary N) is 2. The van der Waals surface area contributed by atoms with Crippen LogP contribution in [0.4, 0.5) is 11.4 Å². The van der Waals surface area contributed by atoms with E-state index in [4.69, 9.17) is 0 Å². The van der Waals surface area contributed by atoms with Gasteiger partial charge in [0, 0.05) is 60.3 Å². The third-order valence-electron chi connectivity index (χ3n) is 6.57. The minimum absolute atomic E-state index is 0. The number of nitrogens with zero attached hydrogens (tertiary/aromatic N) is 3. The minimum atomic E-state index is -0.380. The molecule has 0 fully saturated rings. The molecule has 5 rings (SSSR count). The van der Waals surface area contributed by atoms with E-state index in [9.17, 15) is 9.59 Å². The van der Waals surface area contributed by atoms with Gasteiger partial charge in [0.1, 0.15) is 25.5 Å². The molecule has 0 spiro atoms. The molecule has 9 heteroatoms. The van der Waals surface area contributed by atoms with Crippen molar-refractivity contribution in [1.29, 1.82) is 0 Å².